The van der Waals surface area contributed by atoms with Crippen molar-refractivity contribution in [3.05, 3.63) is 52.8 Å². The molecule has 2 aromatic rings. The molecule has 1 aromatic carbocycles. The van der Waals surface area contributed by atoms with E-state index < -0.39 is 10.2 Å². The van der Waals surface area contributed by atoms with Crippen molar-refractivity contribution in [3.63, 3.8) is 0 Å². The van der Waals surface area contributed by atoms with Crippen molar-refractivity contribution in [1.29, 1.82) is 0 Å². The predicted octanol–water partition coefficient (Wildman–Crippen LogP) is 3.26. The average Bonchev–Trinajstić information content (AvgIpc) is 2.82. The maximum absolute atomic E-state index is 12.6. The van der Waals surface area contributed by atoms with Crippen LogP contribution in [-0.2, 0) is 10.2 Å². The van der Waals surface area contributed by atoms with Crippen LogP contribution in [0.1, 0.15) is 6.42 Å². The first-order chi connectivity index (χ1) is 12.0. The van der Waals surface area contributed by atoms with Crippen LogP contribution in [0.4, 0.5) is 11.4 Å². The Hall–Kier alpha value is -1.54. The van der Waals surface area contributed by atoms with E-state index in [-0.39, 0.29) is 0 Å². The number of rotatable bonds is 4. The zero-order chi connectivity index (χ0) is 17.9. The highest BCUT2D eigenvalue weighted by Crippen LogP contribution is 2.33. The molecule has 0 spiro atoms. The van der Waals surface area contributed by atoms with Gasteiger partial charge in [0, 0.05) is 44.3 Å². The second-order valence-corrected chi connectivity index (χ2v) is 8.15. The van der Waals surface area contributed by atoms with E-state index in [2.05, 4.69) is 9.71 Å². The van der Waals surface area contributed by atoms with E-state index in [0.29, 0.717) is 54.0 Å². The summed E-state index contributed by atoms with van der Waals surface area (Å²) in [6.07, 6.45) is 3.75. The van der Waals surface area contributed by atoms with E-state index in [1.807, 2.05) is 11.0 Å². The minimum Gasteiger partial charge on any atom is -0.368 e. The first kappa shape index (κ1) is 18.3. The number of nitrogens with one attached hydrogen (secondary N) is 1. The molecule has 25 heavy (non-hydrogen) atoms. The Morgan fingerprint density at radius 1 is 0.960 bits per heavy atom. The van der Waals surface area contributed by atoms with E-state index in [1.165, 1.54) is 4.31 Å². The van der Waals surface area contributed by atoms with Gasteiger partial charge in [0.25, 0.3) is 0 Å². The van der Waals surface area contributed by atoms with Gasteiger partial charge in [-0.1, -0.05) is 41.4 Å². The molecule has 0 amide bonds. The molecule has 1 saturated heterocycles. The number of para-hydroxylation sites is 1. The lowest BCUT2D eigenvalue weighted by Gasteiger charge is -2.25. The summed E-state index contributed by atoms with van der Waals surface area (Å²) in [4.78, 5) is 5.96. The van der Waals surface area contributed by atoms with Crippen molar-refractivity contribution in [2.45, 2.75) is 6.42 Å². The first-order valence-electron chi connectivity index (χ1n) is 7.84. The Bertz CT molecular complexity index is 813. The Kier molecular flexibility index (Phi) is 5.68. The van der Waals surface area contributed by atoms with Crippen molar-refractivity contribution < 1.29 is 8.42 Å². The van der Waals surface area contributed by atoms with Gasteiger partial charge in [-0.15, -0.1) is 0 Å². The van der Waals surface area contributed by atoms with Crippen molar-refractivity contribution in [2.75, 3.05) is 35.8 Å². The second kappa shape index (κ2) is 7.78. The molecule has 9 heteroatoms. The Labute approximate surface area is 157 Å². The fourth-order valence-corrected chi connectivity index (χ4v) is 4.64. The quantitative estimate of drug-likeness (QED) is 0.854. The fraction of sp³-hybridized carbons (Fsp3) is 0.312. The zero-order valence-electron chi connectivity index (χ0n) is 13.4. The molecule has 1 aromatic heterocycles. The molecule has 6 nitrogen and oxygen atoms in total. The summed E-state index contributed by atoms with van der Waals surface area (Å²) < 4.78 is 29.3. The highest BCUT2D eigenvalue weighted by molar-refractivity contribution is 7.90. The van der Waals surface area contributed by atoms with Gasteiger partial charge < -0.3 is 4.90 Å². The molecule has 134 valence electrons. The largest absolute Gasteiger partial charge is 0.368 e. The SMILES string of the molecule is O=S(=O)(Nc1ccccc1)N1CCCN(c2c(Cl)cncc2Cl)CC1. The molecule has 1 fully saturated rings. The molecular formula is C16H18Cl2N4O2S. The highest BCUT2D eigenvalue weighted by atomic mass is 35.5. The van der Waals surface area contributed by atoms with Gasteiger partial charge in [-0.05, 0) is 18.6 Å². The molecule has 0 aliphatic carbocycles. The smallest absolute Gasteiger partial charge is 0.301 e. The van der Waals surface area contributed by atoms with Crippen LogP contribution in [0.3, 0.4) is 0 Å². The van der Waals surface area contributed by atoms with Gasteiger partial charge in [0.1, 0.15) is 0 Å². The Morgan fingerprint density at radius 3 is 2.32 bits per heavy atom. The monoisotopic (exact) mass is 400 g/mol. The van der Waals surface area contributed by atoms with Crippen LogP contribution in [0.5, 0.6) is 0 Å². The number of nitrogens with zero attached hydrogens (tertiary/aromatic N) is 3. The molecule has 0 atom stereocenters. The summed E-state index contributed by atoms with van der Waals surface area (Å²) in [6, 6.07) is 8.85. The molecule has 1 aliphatic rings. The van der Waals surface area contributed by atoms with Crippen LogP contribution in [0.15, 0.2) is 42.7 Å². The molecule has 0 radical (unpaired) electrons. The third kappa shape index (κ3) is 4.36. The van der Waals surface area contributed by atoms with E-state index in [4.69, 9.17) is 23.2 Å². The normalized spacial score (nSPS) is 16.5. The van der Waals surface area contributed by atoms with Gasteiger partial charge in [0.15, 0.2) is 0 Å². The number of aromatic nitrogens is 1. The second-order valence-electron chi connectivity index (χ2n) is 5.66. The first-order valence-corrected chi connectivity index (χ1v) is 10.0. The number of pyridine rings is 1. The van der Waals surface area contributed by atoms with Gasteiger partial charge in [-0.25, -0.2) is 0 Å². The van der Waals surface area contributed by atoms with Gasteiger partial charge in [-0.2, -0.15) is 12.7 Å². The third-order valence-electron chi connectivity index (χ3n) is 3.96. The van der Waals surface area contributed by atoms with Gasteiger partial charge in [-0.3, -0.25) is 9.71 Å². The van der Waals surface area contributed by atoms with Crippen LogP contribution in [0, 0.1) is 0 Å². The Balaban J connectivity index is 1.73. The molecule has 1 aliphatic heterocycles. The van der Waals surface area contributed by atoms with Gasteiger partial charge in [0.2, 0.25) is 0 Å². The van der Waals surface area contributed by atoms with E-state index in [1.54, 1.807) is 36.7 Å². The minimum absolute atomic E-state index is 0.344. The molecule has 1 N–H and O–H groups in total. The molecule has 0 bridgehead atoms. The van der Waals surface area contributed by atoms with Crippen LogP contribution < -0.4 is 9.62 Å². The summed E-state index contributed by atoms with van der Waals surface area (Å²) in [5.74, 6) is 0. The summed E-state index contributed by atoms with van der Waals surface area (Å²) >= 11 is 12.4. The predicted molar refractivity (Wildman–Crippen MR) is 102 cm³/mol. The van der Waals surface area contributed by atoms with E-state index in [0.717, 1.165) is 0 Å². The summed E-state index contributed by atoms with van der Waals surface area (Å²) in [6.45, 7) is 1.94. The fourth-order valence-electron chi connectivity index (χ4n) is 2.78. The van der Waals surface area contributed by atoms with Crippen molar-refractivity contribution in [2.24, 2.45) is 0 Å². The number of anilines is 2. The zero-order valence-corrected chi connectivity index (χ0v) is 15.7. The number of halogens is 2. The van der Waals surface area contributed by atoms with Crippen molar-refractivity contribution in [1.82, 2.24) is 9.29 Å². The summed E-state index contributed by atoms with van der Waals surface area (Å²) in [5, 5.41) is 0.928. The lowest BCUT2D eigenvalue weighted by atomic mass is 10.3. The van der Waals surface area contributed by atoms with Crippen LogP contribution in [0.2, 0.25) is 10.0 Å². The maximum atomic E-state index is 12.6. The Morgan fingerprint density at radius 2 is 1.64 bits per heavy atom. The molecule has 2 heterocycles. The molecule has 3 rings (SSSR count). The highest BCUT2D eigenvalue weighted by Gasteiger charge is 2.26. The molecule has 0 saturated carbocycles. The van der Waals surface area contributed by atoms with Gasteiger partial charge >= 0.3 is 10.2 Å². The van der Waals surface area contributed by atoms with Crippen LogP contribution >= 0.6 is 23.2 Å². The van der Waals surface area contributed by atoms with Crippen molar-refractivity contribution >= 4 is 44.8 Å². The van der Waals surface area contributed by atoms with Crippen LogP contribution in [-0.4, -0.2) is 43.9 Å². The van der Waals surface area contributed by atoms with E-state index in [9.17, 15) is 8.42 Å². The average molecular weight is 401 g/mol. The number of benzene rings is 1. The topological polar surface area (TPSA) is 65.5 Å². The third-order valence-corrected chi connectivity index (χ3v) is 6.05. The van der Waals surface area contributed by atoms with Gasteiger partial charge in [0.05, 0.1) is 15.7 Å². The standard InChI is InChI=1S/C16H18Cl2N4O2S/c17-14-11-19-12-15(18)16(14)21-7-4-8-22(10-9-21)25(23,24)20-13-5-2-1-3-6-13/h1-3,5-6,11-12,20H,4,7-10H2. The summed E-state index contributed by atoms with van der Waals surface area (Å²) in [7, 11) is -3.61. The molecular weight excluding hydrogens is 383 g/mol. The number of hydrogen-bond acceptors (Lipinski definition) is 4. The van der Waals surface area contributed by atoms with Crippen molar-refractivity contribution in [3.8, 4) is 0 Å². The summed E-state index contributed by atoms with van der Waals surface area (Å²) in [5.41, 5.74) is 1.25. The van der Waals surface area contributed by atoms with E-state index >= 15 is 0 Å². The molecule has 0 unspecified atom stereocenters. The van der Waals surface area contributed by atoms with Crippen LogP contribution in [0.25, 0.3) is 0 Å². The maximum Gasteiger partial charge on any atom is 0.301 e. The number of hydrogen-bond donors (Lipinski definition) is 1. The minimum atomic E-state index is -3.61. The lowest BCUT2D eigenvalue weighted by molar-refractivity contribution is 0.437. The lowest BCUT2D eigenvalue weighted by Crippen LogP contribution is -2.38.